The minimum Gasteiger partial charge on any atom is -0.504 e. The molecule has 0 saturated heterocycles. The molecule has 0 fully saturated rings. The largest absolute Gasteiger partial charge is 0.504 e. The lowest BCUT2D eigenvalue weighted by Crippen LogP contribution is -2.38. The summed E-state index contributed by atoms with van der Waals surface area (Å²) < 4.78 is 5.11. The molecule has 3 rings (SSSR count). The van der Waals surface area contributed by atoms with Crippen LogP contribution in [0.5, 0.6) is 11.5 Å². The zero-order valence-electron chi connectivity index (χ0n) is 11.8. The van der Waals surface area contributed by atoms with Crippen LogP contribution in [-0.4, -0.2) is 18.1 Å². The first-order valence-electron chi connectivity index (χ1n) is 6.64. The zero-order chi connectivity index (χ0) is 15.0. The van der Waals surface area contributed by atoms with Crippen LogP contribution in [0, 0.1) is 6.92 Å². The molecule has 0 saturated carbocycles. The molecule has 1 heterocycles. The van der Waals surface area contributed by atoms with Crippen molar-refractivity contribution in [3.05, 3.63) is 53.1 Å². The number of aromatic hydroxyl groups is 1. The monoisotopic (exact) mass is 284 g/mol. The van der Waals surface area contributed by atoms with Crippen molar-refractivity contribution < 1.29 is 14.6 Å². The number of ether oxygens (including phenoxy) is 1. The quantitative estimate of drug-likeness (QED) is 0.792. The number of anilines is 1. The zero-order valence-corrected chi connectivity index (χ0v) is 11.8. The highest BCUT2D eigenvalue weighted by molar-refractivity contribution is 6.02. The van der Waals surface area contributed by atoms with Crippen LogP contribution in [0.3, 0.4) is 0 Å². The van der Waals surface area contributed by atoms with Crippen molar-refractivity contribution in [1.29, 1.82) is 0 Å². The van der Waals surface area contributed by atoms with E-state index in [4.69, 9.17) is 4.74 Å². The van der Waals surface area contributed by atoms with Crippen molar-refractivity contribution >= 4 is 11.6 Å². The van der Waals surface area contributed by atoms with Gasteiger partial charge in [-0.3, -0.25) is 4.79 Å². The number of para-hydroxylation sites is 1. The minimum absolute atomic E-state index is 0.0694. The second-order valence-electron chi connectivity index (χ2n) is 4.98. The third-order valence-corrected chi connectivity index (χ3v) is 3.62. The Bertz CT molecular complexity index is 713. The van der Waals surface area contributed by atoms with Crippen molar-refractivity contribution in [1.82, 2.24) is 5.32 Å². The molecule has 0 spiro atoms. The van der Waals surface area contributed by atoms with Crippen LogP contribution in [0.25, 0.3) is 0 Å². The van der Waals surface area contributed by atoms with E-state index < -0.39 is 0 Å². The van der Waals surface area contributed by atoms with E-state index in [0.29, 0.717) is 11.3 Å². The van der Waals surface area contributed by atoms with Crippen LogP contribution in [0.1, 0.15) is 27.7 Å². The average Bonchev–Trinajstić information content (AvgIpc) is 2.48. The van der Waals surface area contributed by atoms with Gasteiger partial charge in [0.25, 0.3) is 5.91 Å². The molecule has 2 aromatic rings. The molecule has 5 heteroatoms. The van der Waals surface area contributed by atoms with Crippen molar-refractivity contribution in [2.75, 3.05) is 12.4 Å². The van der Waals surface area contributed by atoms with Gasteiger partial charge in [0.1, 0.15) is 6.17 Å². The number of phenols is 1. The van der Waals surface area contributed by atoms with Crippen LogP contribution in [0.4, 0.5) is 5.69 Å². The van der Waals surface area contributed by atoms with Crippen LogP contribution < -0.4 is 15.4 Å². The van der Waals surface area contributed by atoms with Gasteiger partial charge in [0.15, 0.2) is 11.5 Å². The van der Waals surface area contributed by atoms with Gasteiger partial charge in [0.2, 0.25) is 0 Å². The third-order valence-electron chi connectivity index (χ3n) is 3.62. The van der Waals surface area contributed by atoms with E-state index in [-0.39, 0.29) is 17.8 Å². The van der Waals surface area contributed by atoms with Crippen LogP contribution in [0.15, 0.2) is 36.4 Å². The van der Waals surface area contributed by atoms with Gasteiger partial charge >= 0.3 is 0 Å². The Balaban J connectivity index is 1.99. The van der Waals surface area contributed by atoms with Crippen LogP contribution in [0.2, 0.25) is 0 Å². The molecule has 0 aliphatic carbocycles. The maximum absolute atomic E-state index is 12.2. The number of methoxy groups -OCH3 is 1. The highest BCUT2D eigenvalue weighted by Gasteiger charge is 2.26. The van der Waals surface area contributed by atoms with Gasteiger partial charge in [-0.1, -0.05) is 18.2 Å². The molecule has 0 unspecified atom stereocenters. The van der Waals surface area contributed by atoms with Crippen molar-refractivity contribution in [3.63, 3.8) is 0 Å². The standard InChI is InChI=1S/C16H16N2O3/c1-9-4-3-5-11-14(9)17-15(18-16(11)20)10-6-7-12(19)13(8-10)21-2/h3-8,15,17,19H,1-2H3,(H,18,20)/t15-/m0/s1. The number of rotatable bonds is 2. The van der Waals surface area contributed by atoms with E-state index in [9.17, 15) is 9.90 Å². The predicted molar refractivity (Wildman–Crippen MR) is 79.7 cm³/mol. The number of hydrogen-bond acceptors (Lipinski definition) is 4. The Morgan fingerprint density at radius 2 is 2.00 bits per heavy atom. The first-order valence-corrected chi connectivity index (χ1v) is 6.64. The molecule has 3 N–H and O–H groups in total. The predicted octanol–water partition coefficient (Wildman–Crippen LogP) is 2.56. The van der Waals surface area contributed by atoms with Crippen LogP contribution in [-0.2, 0) is 0 Å². The maximum atomic E-state index is 12.2. The number of phenolic OH excluding ortho intramolecular Hbond substituents is 1. The van der Waals surface area contributed by atoms with Crippen molar-refractivity contribution in [3.8, 4) is 11.5 Å². The number of amides is 1. The molecule has 5 nitrogen and oxygen atoms in total. The molecule has 2 aromatic carbocycles. The van der Waals surface area contributed by atoms with E-state index in [1.54, 1.807) is 24.3 Å². The summed E-state index contributed by atoms with van der Waals surface area (Å²) in [7, 11) is 1.49. The summed E-state index contributed by atoms with van der Waals surface area (Å²) in [6, 6.07) is 10.6. The summed E-state index contributed by atoms with van der Waals surface area (Å²) in [4.78, 5) is 12.2. The maximum Gasteiger partial charge on any atom is 0.255 e. The molecule has 0 radical (unpaired) electrons. The third kappa shape index (κ3) is 2.27. The molecule has 1 aliphatic heterocycles. The first kappa shape index (κ1) is 13.3. The molecule has 1 amide bonds. The fourth-order valence-corrected chi connectivity index (χ4v) is 2.48. The highest BCUT2D eigenvalue weighted by atomic mass is 16.5. The molecular weight excluding hydrogens is 268 g/mol. The summed E-state index contributed by atoms with van der Waals surface area (Å²) in [5.74, 6) is 0.323. The number of hydrogen-bond donors (Lipinski definition) is 3. The number of carbonyl (C=O) groups excluding carboxylic acids is 1. The van der Waals surface area contributed by atoms with Gasteiger partial charge in [0, 0.05) is 0 Å². The Labute approximate surface area is 122 Å². The van der Waals surface area contributed by atoms with E-state index in [2.05, 4.69) is 10.6 Å². The van der Waals surface area contributed by atoms with Gasteiger partial charge < -0.3 is 20.5 Å². The number of carbonyl (C=O) groups is 1. The Morgan fingerprint density at radius 1 is 1.19 bits per heavy atom. The second kappa shape index (κ2) is 5.01. The second-order valence-corrected chi connectivity index (χ2v) is 4.98. The summed E-state index contributed by atoms with van der Waals surface area (Å²) in [5.41, 5.74) is 3.29. The van der Waals surface area contributed by atoms with Crippen molar-refractivity contribution in [2.24, 2.45) is 0 Å². The molecule has 1 aliphatic rings. The molecule has 1 atom stereocenters. The fourth-order valence-electron chi connectivity index (χ4n) is 2.48. The Morgan fingerprint density at radius 3 is 2.76 bits per heavy atom. The van der Waals surface area contributed by atoms with Crippen molar-refractivity contribution in [2.45, 2.75) is 13.1 Å². The smallest absolute Gasteiger partial charge is 0.255 e. The summed E-state index contributed by atoms with van der Waals surface area (Å²) >= 11 is 0. The van der Waals surface area contributed by atoms with E-state index in [1.165, 1.54) is 7.11 Å². The van der Waals surface area contributed by atoms with Crippen LogP contribution >= 0.6 is 0 Å². The summed E-state index contributed by atoms with van der Waals surface area (Å²) in [6.07, 6.45) is -0.361. The van der Waals surface area contributed by atoms with E-state index >= 15 is 0 Å². The topological polar surface area (TPSA) is 70.6 Å². The molecule has 108 valence electrons. The molecular formula is C16H16N2O3. The summed E-state index contributed by atoms with van der Waals surface area (Å²) in [6.45, 7) is 1.96. The lowest BCUT2D eigenvalue weighted by atomic mass is 10.0. The van der Waals surface area contributed by atoms with Gasteiger partial charge in [-0.15, -0.1) is 0 Å². The SMILES string of the molecule is COc1cc([C@@H]2NC(=O)c3cccc(C)c3N2)ccc1O. The minimum atomic E-state index is -0.361. The lowest BCUT2D eigenvalue weighted by molar-refractivity contribution is 0.0935. The number of benzene rings is 2. The van der Waals surface area contributed by atoms with E-state index in [0.717, 1.165) is 16.8 Å². The van der Waals surface area contributed by atoms with Gasteiger partial charge in [-0.2, -0.15) is 0 Å². The average molecular weight is 284 g/mol. The fraction of sp³-hybridized carbons (Fsp3) is 0.188. The molecule has 21 heavy (non-hydrogen) atoms. The lowest BCUT2D eigenvalue weighted by Gasteiger charge is -2.29. The highest BCUT2D eigenvalue weighted by Crippen LogP contribution is 2.33. The van der Waals surface area contributed by atoms with Gasteiger partial charge in [0.05, 0.1) is 18.4 Å². The molecule has 0 bridgehead atoms. The van der Waals surface area contributed by atoms with Gasteiger partial charge in [-0.05, 0) is 36.2 Å². The Hall–Kier alpha value is -2.69. The molecule has 0 aromatic heterocycles. The summed E-state index contributed by atoms with van der Waals surface area (Å²) in [5, 5.41) is 15.9. The number of fused-ring (bicyclic) bond motifs is 1. The van der Waals surface area contributed by atoms with E-state index in [1.807, 2.05) is 19.1 Å². The van der Waals surface area contributed by atoms with Gasteiger partial charge in [-0.25, -0.2) is 0 Å². The number of nitrogens with one attached hydrogen (secondary N) is 2. The Kier molecular flexibility index (Phi) is 3.17. The normalized spacial score (nSPS) is 16.7. The number of aryl methyl sites for hydroxylation is 1. The first-order chi connectivity index (χ1) is 10.1.